The molecule has 25 unspecified atom stereocenters. The highest BCUT2D eigenvalue weighted by Crippen LogP contribution is 2.82. The van der Waals surface area contributed by atoms with Crippen molar-refractivity contribution in [2.24, 2.45) is 114 Å². The number of allylic oxidation sites excluding steroid dienone is 3. The second-order valence-electron chi connectivity index (χ2n) is 31.6. The number of carbonyl (C=O) groups is 2. The van der Waals surface area contributed by atoms with Gasteiger partial charge >= 0.3 is 5.97 Å². The number of aromatic nitrogens is 4. The van der Waals surface area contributed by atoms with Gasteiger partial charge in [0.15, 0.2) is 12.2 Å². The van der Waals surface area contributed by atoms with E-state index in [1.165, 1.54) is 0 Å². The highest BCUT2D eigenvalue weighted by atomic mass is 16.7. The molecular weight excluding hydrogens is 1180 g/mol. The number of rotatable bonds is 16. The van der Waals surface area contributed by atoms with E-state index in [2.05, 4.69) is 74.1 Å². The van der Waals surface area contributed by atoms with Gasteiger partial charge in [-0.05, 0) is 134 Å². The fourth-order valence-electron chi connectivity index (χ4n) is 23.8. The van der Waals surface area contributed by atoms with Crippen molar-refractivity contribution in [1.82, 2.24) is 35.9 Å². The van der Waals surface area contributed by atoms with E-state index < -0.39 is 147 Å². The van der Waals surface area contributed by atoms with E-state index in [1.807, 2.05) is 13.0 Å². The number of anilines is 1. The molecule has 2 saturated heterocycles. The third-order valence-electron chi connectivity index (χ3n) is 28.2. The minimum Gasteiger partial charge on any atom is -0.481 e. The zero-order valence-electron chi connectivity index (χ0n) is 54.4. The fourth-order valence-corrected chi connectivity index (χ4v) is 23.8. The molecule has 92 heavy (non-hydrogen) atoms. The number of nitrogens with one attached hydrogen (secondary N) is 6. The lowest BCUT2D eigenvalue weighted by atomic mass is 9.26. The number of guanidine groups is 1. The van der Waals surface area contributed by atoms with Crippen molar-refractivity contribution in [2.75, 3.05) is 58.4 Å². The highest BCUT2D eigenvalue weighted by Gasteiger charge is 2.81. The molecule has 8 aliphatic carbocycles. The van der Waals surface area contributed by atoms with Gasteiger partial charge in [0.25, 0.3) is 0 Å². The average molecular weight is 1280 g/mol. The van der Waals surface area contributed by atoms with Crippen LogP contribution in [0.1, 0.15) is 135 Å². The molecule has 0 bridgehead atoms. The highest BCUT2D eigenvalue weighted by molar-refractivity contribution is 5.87. The van der Waals surface area contributed by atoms with Crippen molar-refractivity contribution >= 4 is 23.7 Å². The Balaban J connectivity index is 1.06. The summed E-state index contributed by atoms with van der Waals surface area (Å²) in [7, 11) is 1.58. The summed E-state index contributed by atoms with van der Waals surface area (Å²) in [5.41, 5.74) is 7.33. The number of aliphatic hydroxyl groups is 8. The number of aromatic amines is 2. The van der Waals surface area contributed by atoms with E-state index in [1.54, 1.807) is 25.9 Å². The number of amides is 1. The number of aliphatic hydroxyl groups excluding tert-OH is 8. The number of hydrogen-bond donors (Lipinski definition) is 17. The van der Waals surface area contributed by atoms with E-state index in [9.17, 15) is 50.8 Å². The van der Waals surface area contributed by atoms with Gasteiger partial charge in [0.2, 0.25) is 5.91 Å². The van der Waals surface area contributed by atoms with Crippen molar-refractivity contribution in [2.45, 2.75) is 191 Å². The second kappa shape index (κ2) is 24.2. The lowest BCUT2D eigenvalue weighted by Crippen LogP contribution is -2.77. The first-order chi connectivity index (χ1) is 43.9. The second-order valence-corrected chi connectivity index (χ2v) is 31.6. The smallest absolute Gasteiger partial charge is 0.310 e. The van der Waals surface area contributed by atoms with Gasteiger partial charge in [-0.3, -0.25) is 14.6 Å². The van der Waals surface area contributed by atoms with Crippen LogP contribution in [0.3, 0.4) is 0 Å². The fraction of sp³-hybridized carbons (Fsp3) is 0.809. The van der Waals surface area contributed by atoms with Gasteiger partial charge in [0.1, 0.15) is 30.4 Å². The van der Waals surface area contributed by atoms with Crippen LogP contribution >= 0.6 is 0 Å². The number of imidazole rings is 2. The summed E-state index contributed by atoms with van der Waals surface area (Å²) >= 11 is 0. The molecule has 2 aromatic heterocycles. The Kier molecular flexibility index (Phi) is 17.4. The molecule has 8 fully saturated rings. The Morgan fingerprint density at radius 3 is 2.35 bits per heavy atom. The molecule has 5 heterocycles. The van der Waals surface area contributed by atoms with Gasteiger partial charge in [-0.1, -0.05) is 83.6 Å². The van der Waals surface area contributed by atoms with Crippen LogP contribution in [0.4, 0.5) is 5.82 Å². The third kappa shape index (κ3) is 9.33. The normalized spacial score (nSPS) is 45.7. The molecule has 2 aromatic rings. The maximum atomic E-state index is 15.9. The molecule has 510 valence electrons. The molecule has 3 aliphatic heterocycles. The first kappa shape index (κ1) is 66.1. The summed E-state index contributed by atoms with van der Waals surface area (Å²) in [5.74, 6) is -4.88. The average Bonchev–Trinajstić information content (AvgIpc) is 0.767. The largest absolute Gasteiger partial charge is 0.481 e. The lowest BCUT2D eigenvalue weighted by molar-refractivity contribution is -0.355. The molecule has 1 amide bonds. The Morgan fingerprint density at radius 2 is 1.66 bits per heavy atom. The molecule has 0 aromatic carbocycles. The van der Waals surface area contributed by atoms with Gasteiger partial charge in [-0.25, -0.2) is 9.97 Å². The topological polar surface area (TPSA) is 405 Å². The number of ether oxygens (including phenoxy) is 2. The summed E-state index contributed by atoms with van der Waals surface area (Å²) in [5, 5.41) is 124. The van der Waals surface area contributed by atoms with Crippen molar-refractivity contribution in [3.05, 3.63) is 54.0 Å². The number of H-pyrrole nitrogens is 2. The van der Waals surface area contributed by atoms with Gasteiger partial charge in [0, 0.05) is 74.9 Å². The number of nitrogens with two attached hydrogens (primary N) is 2. The Morgan fingerprint density at radius 1 is 0.902 bits per heavy atom. The predicted molar refractivity (Wildman–Crippen MR) is 339 cm³/mol. The number of carbonyl (C=O) groups excluding carboxylic acids is 1. The van der Waals surface area contributed by atoms with Crippen LogP contribution < -0.4 is 32.7 Å². The number of carboxylic acids is 1. The molecule has 6 saturated carbocycles. The lowest BCUT2D eigenvalue weighted by Gasteiger charge is -2.78. The van der Waals surface area contributed by atoms with Crippen LogP contribution in [0.25, 0.3) is 0 Å². The molecule has 25 atom stereocenters. The zero-order valence-corrected chi connectivity index (χ0v) is 54.4. The molecule has 11 aliphatic rings. The van der Waals surface area contributed by atoms with Crippen molar-refractivity contribution < 1.29 is 65.0 Å². The van der Waals surface area contributed by atoms with E-state index in [0.29, 0.717) is 83.1 Å². The van der Waals surface area contributed by atoms with Crippen LogP contribution in [0.5, 0.6) is 0 Å². The summed E-state index contributed by atoms with van der Waals surface area (Å²) in [6.45, 7) is 9.32. The minimum absolute atomic E-state index is 0.0581. The number of aliphatic carboxylic acids is 1. The van der Waals surface area contributed by atoms with E-state index >= 15 is 4.79 Å². The van der Waals surface area contributed by atoms with Gasteiger partial charge in [-0.2, -0.15) is 0 Å². The zero-order chi connectivity index (χ0) is 65.3. The van der Waals surface area contributed by atoms with Gasteiger partial charge in [-0.15, -0.1) is 0 Å². The molecule has 24 nitrogen and oxygen atoms in total. The monoisotopic (exact) mass is 1280 g/mol. The quantitative estimate of drug-likeness (QED) is 0.0286. The first-order valence-corrected chi connectivity index (χ1v) is 34.6. The summed E-state index contributed by atoms with van der Waals surface area (Å²) < 4.78 is 13.2. The Hall–Kier alpha value is -4.57. The standard InChI is InChI=1S/C68H105N11O13/c1-61(31-80)21-22-66(59(89)90)40(26-61)38-13-14-45-63(3,64(38,4)39-25-42-56(78-34-76-42)75-28-41(39)66)19-16-44-62(2,32-81)54(92-57-51(85)49(83)43(82)30-91-57)50(84)47(68(44,45)35-11-7-6-8-12-35)36-15-20-67(46-29-73-33-77-46,52-48(36)65(58(88)79-52)17-9-10-18-65)53(86)37(55(69)87)27-72-23-24-74-60(70)71-5/h13,15,20,29,33-37,39-41,43-45,47-55,57,72,75,80-87H,6-12,14,16-19,21-28,30-32,69H2,1-5H3,(H,73,77)(H,76,78)(H,79,88)(H,89,90)(H3,70,71,74). The summed E-state index contributed by atoms with van der Waals surface area (Å²) in [4.78, 5) is 50.9. The van der Waals surface area contributed by atoms with Gasteiger partial charge < -0.3 is 98.1 Å². The third-order valence-corrected chi connectivity index (χ3v) is 28.2. The minimum atomic E-state index is -1.73. The summed E-state index contributed by atoms with van der Waals surface area (Å²) in [6, 6.07) is -0.885. The number of carboxylic acid groups (broad SMARTS) is 1. The van der Waals surface area contributed by atoms with E-state index in [-0.39, 0.29) is 55.3 Å². The maximum absolute atomic E-state index is 15.9. The van der Waals surface area contributed by atoms with E-state index in [4.69, 9.17) is 25.9 Å². The summed E-state index contributed by atoms with van der Waals surface area (Å²) in [6.07, 6.45) is 10.2. The molecule has 19 N–H and O–H groups in total. The number of nitrogens with zero attached hydrogens (tertiary/aromatic N) is 3. The number of fused-ring (bicyclic) bond motifs is 13. The Bertz CT molecular complexity index is 3120. The molecule has 1 spiro atoms. The number of aliphatic imine (C=N–C) groups is 1. The Labute approximate surface area is 539 Å². The SMILES string of the molecule is CN=C(N)NCCNCC(C(N)O)C(O)C1(c2cnc[nH]2)C=CC(C2C(O)C(OC3OCC(O)C(O)C3O)C(C)(CO)C3CCC4(C)C(CC=C5C6CC(C)(CO)CCC6(C(=O)O)C6CNc7nc[nH]c7CC6C54C)C23C2CCCCC2)C2C1NC(=O)C21CCCC1. The van der Waals surface area contributed by atoms with Crippen molar-refractivity contribution in [1.29, 1.82) is 0 Å². The van der Waals surface area contributed by atoms with E-state index in [0.717, 1.165) is 62.0 Å². The van der Waals surface area contributed by atoms with Crippen molar-refractivity contribution in [3.8, 4) is 0 Å². The predicted octanol–water partition coefficient (Wildman–Crippen LogP) is 2.14. The molecule has 24 heteroatoms. The van der Waals surface area contributed by atoms with Gasteiger partial charge in [0.05, 0.1) is 72.2 Å². The van der Waals surface area contributed by atoms with Crippen LogP contribution in [0.2, 0.25) is 0 Å². The van der Waals surface area contributed by atoms with Crippen molar-refractivity contribution in [3.63, 3.8) is 0 Å². The molecule has 0 radical (unpaired) electrons. The number of hydrogen-bond acceptors (Lipinski definition) is 18. The molecule has 13 rings (SSSR count). The molecular formula is C68H105N11O13. The van der Waals surface area contributed by atoms with Crippen LogP contribution in [0.15, 0.2) is 47.6 Å². The van der Waals surface area contributed by atoms with Crippen LogP contribution in [-0.4, -0.2) is 192 Å². The van der Waals surface area contributed by atoms with Crippen LogP contribution in [-0.2, 0) is 30.9 Å². The van der Waals surface area contributed by atoms with Crippen LogP contribution in [0, 0.1) is 97.1 Å². The first-order valence-electron chi connectivity index (χ1n) is 34.6. The maximum Gasteiger partial charge on any atom is 0.310 e.